The van der Waals surface area contributed by atoms with Gasteiger partial charge in [0.05, 0.1) is 7.11 Å². The van der Waals surface area contributed by atoms with Crippen LogP contribution in [0.2, 0.25) is 0 Å². The van der Waals surface area contributed by atoms with Crippen LogP contribution in [0.15, 0.2) is 54.7 Å². The molecule has 0 spiro atoms. The molecular weight excluding hydrogens is 329 g/mol. The summed E-state index contributed by atoms with van der Waals surface area (Å²) < 4.78 is 20.1. The monoisotopic (exact) mass is 343 g/mol. The number of hydrogen-bond acceptors (Lipinski definition) is 3. The number of carbonyl (C=O) groups excluding carboxylic acids is 1. The molecule has 3 aromatic rings. The quantitative estimate of drug-likeness (QED) is 0.706. The van der Waals surface area contributed by atoms with Gasteiger partial charge in [-0.05, 0) is 60.7 Å². The molecule has 0 atom stereocenters. The minimum atomic E-state index is -0.356. The third-order valence-electron chi connectivity index (χ3n) is 3.44. The fourth-order valence-corrected chi connectivity index (χ4v) is 2.51. The smallest absolute Gasteiger partial charge is 0.274 e. The highest BCUT2D eigenvalue weighted by Gasteiger charge is 2.14. The van der Waals surface area contributed by atoms with Crippen molar-refractivity contribution in [1.29, 1.82) is 0 Å². The maximum atomic E-state index is 13.1. The maximum absolute atomic E-state index is 13.1. The van der Waals surface area contributed by atoms with E-state index in [0.717, 1.165) is 0 Å². The molecule has 3 rings (SSSR count). The van der Waals surface area contributed by atoms with E-state index in [1.165, 1.54) is 18.3 Å². The predicted octanol–water partition coefficient (Wildman–Crippen LogP) is 3.93. The first-order valence-corrected chi connectivity index (χ1v) is 7.51. The van der Waals surface area contributed by atoms with Gasteiger partial charge in [-0.3, -0.25) is 9.36 Å². The summed E-state index contributed by atoms with van der Waals surface area (Å²) in [4.78, 5) is 15.4. The number of methoxy groups -OCH3 is 1. The van der Waals surface area contributed by atoms with Crippen molar-refractivity contribution in [3.8, 4) is 11.4 Å². The van der Waals surface area contributed by atoms with Crippen LogP contribution in [0.3, 0.4) is 0 Å². The molecule has 0 saturated heterocycles. The number of nitrogens with zero attached hydrogens (tertiary/aromatic N) is 1. The van der Waals surface area contributed by atoms with Gasteiger partial charge >= 0.3 is 0 Å². The second-order valence-electron chi connectivity index (χ2n) is 4.97. The molecule has 0 aliphatic rings. The van der Waals surface area contributed by atoms with Gasteiger partial charge in [-0.1, -0.05) is 0 Å². The number of rotatable bonds is 4. The Morgan fingerprint density at radius 1 is 1.17 bits per heavy atom. The topological polar surface area (TPSA) is 59.0 Å². The minimum absolute atomic E-state index is 0.322. The average Bonchev–Trinajstić information content (AvgIpc) is 2.98. The largest absolute Gasteiger partial charge is 0.497 e. The fraction of sp³-hybridized carbons (Fsp3) is 0.0588. The molecule has 2 N–H and O–H groups in total. The van der Waals surface area contributed by atoms with Gasteiger partial charge in [-0.15, -0.1) is 0 Å². The number of aromatic amines is 1. The van der Waals surface area contributed by atoms with Crippen molar-refractivity contribution < 1.29 is 13.9 Å². The fourth-order valence-electron chi connectivity index (χ4n) is 2.25. The van der Waals surface area contributed by atoms with Crippen molar-refractivity contribution in [3.05, 3.63) is 71.0 Å². The molecule has 122 valence electrons. The maximum Gasteiger partial charge on any atom is 0.274 e. The molecule has 0 saturated carbocycles. The minimum Gasteiger partial charge on any atom is -0.497 e. The van der Waals surface area contributed by atoms with Crippen LogP contribution in [-0.2, 0) is 0 Å². The van der Waals surface area contributed by atoms with Crippen molar-refractivity contribution >= 4 is 23.8 Å². The Balaban J connectivity index is 1.90. The molecule has 0 fully saturated rings. The van der Waals surface area contributed by atoms with Gasteiger partial charge in [0.2, 0.25) is 0 Å². The van der Waals surface area contributed by atoms with Crippen molar-refractivity contribution in [2.45, 2.75) is 0 Å². The first kappa shape index (κ1) is 15.9. The predicted molar refractivity (Wildman–Crippen MR) is 91.9 cm³/mol. The normalized spacial score (nSPS) is 10.4. The third-order valence-corrected chi connectivity index (χ3v) is 3.74. The Kier molecular flexibility index (Phi) is 4.43. The summed E-state index contributed by atoms with van der Waals surface area (Å²) in [6.45, 7) is 0. The van der Waals surface area contributed by atoms with Crippen molar-refractivity contribution in [3.63, 3.8) is 0 Å². The van der Waals surface area contributed by atoms with Gasteiger partial charge in [-0.25, -0.2) is 4.39 Å². The van der Waals surface area contributed by atoms with Crippen LogP contribution in [0.5, 0.6) is 5.75 Å². The number of carbonyl (C=O) groups is 1. The molecule has 24 heavy (non-hydrogen) atoms. The second kappa shape index (κ2) is 6.67. The number of benzene rings is 2. The van der Waals surface area contributed by atoms with Crippen LogP contribution in [0.4, 0.5) is 10.1 Å². The zero-order valence-corrected chi connectivity index (χ0v) is 13.6. The lowest BCUT2D eigenvalue weighted by Gasteiger charge is -2.09. The molecule has 0 aliphatic heterocycles. The van der Waals surface area contributed by atoms with Gasteiger partial charge in [0, 0.05) is 17.6 Å². The molecule has 2 aromatic carbocycles. The number of anilines is 1. The lowest BCUT2D eigenvalue weighted by molar-refractivity contribution is 0.102. The van der Waals surface area contributed by atoms with E-state index < -0.39 is 0 Å². The van der Waals surface area contributed by atoms with E-state index in [9.17, 15) is 9.18 Å². The van der Waals surface area contributed by atoms with Crippen LogP contribution >= 0.6 is 12.2 Å². The Labute approximate surface area is 142 Å². The van der Waals surface area contributed by atoms with E-state index in [1.807, 2.05) is 0 Å². The van der Waals surface area contributed by atoms with E-state index >= 15 is 0 Å². The highest BCUT2D eigenvalue weighted by Crippen LogP contribution is 2.18. The zero-order valence-electron chi connectivity index (χ0n) is 12.7. The summed E-state index contributed by atoms with van der Waals surface area (Å²) in [5.74, 6) is 0.00532. The average molecular weight is 343 g/mol. The van der Waals surface area contributed by atoms with Gasteiger partial charge in [0.1, 0.15) is 17.3 Å². The van der Waals surface area contributed by atoms with Crippen LogP contribution in [-0.4, -0.2) is 22.6 Å². The Morgan fingerprint density at radius 2 is 1.83 bits per heavy atom. The molecule has 1 heterocycles. The highest BCUT2D eigenvalue weighted by molar-refractivity contribution is 7.71. The number of ether oxygens (including phenoxy) is 1. The number of halogens is 1. The van der Waals surface area contributed by atoms with Gasteiger partial charge in [0.15, 0.2) is 4.77 Å². The Bertz CT molecular complexity index is 914. The Hall–Kier alpha value is -2.93. The summed E-state index contributed by atoms with van der Waals surface area (Å²) in [6.07, 6.45) is 1.52. The molecule has 5 nitrogen and oxygen atoms in total. The standard InChI is InChI=1S/C17H14FN3O2S/c1-23-14-8-4-12(5-9-14)20-16(22)15-10-19-17(24)21(15)13-6-2-11(18)3-7-13/h2-10H,1H3,(H,19,24)(H,20,22). The van der Waals surface area contributed by atoms with E-state index in [-0.39, 0.29) is 11.7 Å². The van der Waals surface area contributed by atoms with Crippen LogP contribution in [0.25, 0.3) is 5.69 Å². The molecule has 1 aromatic heterocycles. The van der Waals surface area contributed by atoms with Gasteiger partial charge < -0.3 is 15.0 Å². The number of aromatic nitrogens is 2. The van der Waals surface area contributed by atoms with E-state index in [1.54, 1.807) is 48.1 Å². The summed E-state index contributed by atoms with van der Waals surface area (Å²) >= 11 is 5.22. The number of nitrogens with one attached hydrogen (secondary N) is 2. The lowest BCUT2D eigenvalue weighted by Crippen LogP contribution is -2.16. The summed E-state index contributed by atoms with van der Waals surface area (Å²) in [5, 5.41) is 2.79. The molecule has 1 amide bonds. The number of H-pyrrole nitrogens is 1. The van der Waals surface area contributed by atoms with Crippen LogP contribution < -0.4 is 10.1 Å². The molecule has 0 unspecified atom stereocenters. The van der Waals surface area contributed by atoms with E-state index in [0.29, 0.717) is 27.6 Å². The zero-order chi connectivity index (χ0) is 17.1. The molecule has 0 radical (unpaired) electrons. The molecule has 0 bridgehead atoms. The summed E-state index contributed by atoms with van der Waals surface area (Å²) in [6, 6.07) is 12.7. The van der Waals surface area contributed by atoms with E-state index in [2.05, 4.69) is 10.3 Å². The first-order valence-electron chi connectivity index (χ1n) is 7.10. The Morgan fingerprint density at radius 3 is 2.46 bits per heavy atom. The second-order valence-corrected chi connectivity index (χ2v) is 5.36. The molecular formula is C17H14FN3O2S. The lowest BCUT2D eigenvalue weighted by atomic mass is 10.2. The van der Waals surface area contributed by atoms with Crippen molar-refractivity contribution in [2.24, 2.45) is 0 Å². The van der Waals surface area contributed by atoms with Crippen LogP contribution in [0, 0.1) is 10.6 Å². The molecule has 7 heteroatoms. The number of imidazole rings is 1. The molecule has 0 aliphatic carbocycles. The first-order chi connectivity index (χ1) is 11.6. The summed E-state index contributed by atoms with van der Waals surface area (Å²) in [5.41, 5.74) is 1.54. The number of amides is 1. The summed E-state index contributed by atoms with van der Waals surface area (Å²) in [7, 11) is 1.57. The van der Waals surface area contributed by atoms with Gasteiger partial charge in [0.25, 0.3) is 5.91 Å². The SMILES string of the molecule is COc1ccc(NC(=O)c2c[nH]c(=S)n2-c2ccc(F)cc2)cc1. The van der Waals surface area contributed by atoms with Crippen LogP contribution in [0.1, 0.15) is 10.5 Å². The highest BCUT2D eigenvalue weighted by atomic mass is 32.1. The number of hydrogen-bond donors (Lipinski definition) is 2. The van der Waals surface area contributed by atoms with Crippen molar-refractivity contribution in [2.75, 3.05) is 12.4 Å². The van der Waals surface area contributed by atoms with Crippen molar-refractivity contribution in [1.82, 2.24) is 9.55 Å². The third kappa shape index (κ3) is 3.21. The van der Waals surface area contributed by atoms with E-state index in [4.69, 9.17) is 17.0 Å². The van der Waals surface area contributed by atoms with Gasteiger partial charge in [-0.2, -0.15) is 0 Å².